The topological polar surface area (TPSA) is 36.7 Å². The molecule has 2 saturated heterocycles. The van der Waals surface area contributed by atoms with Crippen molar-refractivity contribution in [2.75, 3.05) is 19.6 Å². The Balaban J connectivity index is 1.62. The van der Waals surface area contributed by atoms with Gasteiger partial charge in [0, 0.05) is 37.3 Å². The highest BCUT2D eigenvalue weighted by Gasteiger charge is 2.34. The van der Waals surface area contributed by atoms with E-state index >= 15 is 0 Å². The monoisotopic (exact) mass is 312 g/mol. The average Bonchev–Trinajstić information content (AvgIpc) is 2.98. The molecule has 0 bridgehead atoms. The van der Waals surface area contributed by atoms with Crippen molar-refractivity contribution in [3.8, 4) is 0 Å². The normalized spacial score (nSPS) is 25.8. The van der Waals surface area contributed by atoms with Crippen molar-refractivity contribution in [2.45, 2.75) is 45.3 Å². The molecule has 4 heteroatoms. The van der Waals surface area contributed by atoms with Crippen LogP contribution in [0.25, 0.3) is 11.0 Å². The summed E-state index contributed by atoms with van der Waals surface area (Å²) in [5.41, 5.74) is 2.67. The van der Waals surface area contributed by atoms with E-state index in [2.05, 4.69) is 16.7 Å². The highest BCUT2D eigenvalue weighted by atomic mass is 16.3. The molecule has 0 spiro atoms. The summed E-state index contributed by atoms with van der Waals surface area (Å²) < 4.78 is 5.70. The molecule has 122 valence electrons. The van der Waals surface area contributed by atoms with E-state index in [1.165, 1.54) is 19.4 Å². The van der Waals surface area contributed by atoms with Crippen LogP contribution in [0.4, 0.5) is 0 Å². The molecule has 23 heavy (non-hydrogen) atoms. The van der Waals surface area contributed by atoms with Crippen LogP contribution in [0.1, 0.15) is 30.9 Å². The molecule has 2 aliphatic heterocycles. The van der Waals surface area contributed by atoms with Crippen LogP contribution in [0.5, 0.6) is 0 Å². The lowest BCUT2D eigenvalue weighted by molar-refractivity contribution is 0.0535. The molecule has 3 heterocycles. The molecular formula is C19H24N2O2. The quantitative estimate of drug-likeness (QED) is 0.854. The Hall–Kier alpha value is -1.65. The van der Waals surface area contributed by atoms with Crippen molar-refractivity contribution in [3.05, 3.63) is 45.8 Å². The van der Waals surface area contributed by atoms with Gasteiger partial charge in [-0.25, -0.2) is 0 Å². The third-order valence-electron chi connectivity index (χ3n) is 5.44. The maximum Gasteiger partial charge on any atom is 0.197 e. The fourth-order valence-corrected chi connectivity index (χ4v) is 4.08. The number of rotatable bonds is 2. The lowest BCUT2D eigenvalue weighted by Crippen LogP contribution is -2.54. The largest absolute Gasteiger partial charge is 0.464 e. The summed E-state index contributed by atoms with van der Waals surface area (Å²) in [6.45, 7) is 8.38. The number of fused-ring (bicyclic) bond motifs is 2. The Morgan fingerprint density at radius 3 is 3.04 bits per heavy atom. The standard InChI is InChI=1S/C19H24N2O2/c1-13-5-6-18-17(8-13)19(22)15(12-23-18)10-21-11-16-4-3-7-20(16)9-14(21)2/h5-6,8,12,14,16H,3-4,7,9-11H2,1-2H3/t14-,16+/m1/s1. The van der Waals surface area contributed by atoms with Crippen LogP contribution in [0.3, 0.4) is 0 Å². The van der Waals surface area contributed by atoms with E-state index in [1.54, 1.807) is 6.26 Å². The van der Waals surface area contributed by atoms with Gasteiger partial charge in [0.15, 0.2) is 5.43 Å². The predicted molar refractivity (Wildman–Crippen MR) is 91.7 cm³/mol. The second-order valence-corrected chi connectivity index (χ2v) is 7.16. The van der Waals surface area contributed by atoms with E-state index in [9.17, 15) is 4.79 Å². The smallest absolute Gasteiger partial charge is 0.197 e. The summed E-state index contributed by atoms with van der Waals surface area (Å²) >= 11 is 0. The van der Waals surface area contributed by atoms with Gasteiger partial charge in [-0.3, -0.25) is 14.6 Å². The third kappa shape index (κ3) is 2.70. The number of piperazine rings is 1. The van der Waals surface area contributed by atoms with Crippen LogP contribution in [0, 0.1) is 6.92 Å². The number of aryl methyl sites for hydroxylation is 1. The lowest BCUT2D eigenvalue weighted by atomic mass is 10.1. The molecule has 0 unspecified atom stereocenters. The Bertz CT molecular complexity index is 783. The van der Waals surface area contributed by atoms with Crippen molar-refractivity contribution in [3.63, 3.8) is 0 Å². The fourth-order valence-electron chi connectivity index (χ4n) is 4.08. The van der Waals surface area contributed by atoms with E-state index in [-0.39, 0.29) is 5.43 Å². The lowest BCUT2D eigenvalue weighted by Gasteiger charge is -2.42. The van der Waals surface area contributed by atoms with E-state index in [0.29, 0.717) is 29.6 Å². The highest BCUT2D eigenvalue weighted by molar-refractivity contribution is 5.77. The fraction of sp³-hybridized carbons (Fsp3) is 0.526. The van der Waals surface area contributed by atoms with Gasteiger partial charge in [-0.1, -0.05) is 11.6 Å². The Morgan fingerprint density at radius 2 is 2.17 bits per heavy atom. The van der Waals surface area contributed by atoms with E-state index in [0.717, 1.165) is 24.2 Å². The first kappa shape index (κ1) is 14.9. The zero-order chi connectivity index (χ0) is 16.0. The van der Waals surface area contributed by atoms with Gasteiger partial charge in [-0.05, 0) is 45.4 Å². The molecule has 0 radical (unpaired) electrons. The summed E-state index contributed by atoms with van der Waals surface area (Å²) in [7, 11) is 0. The molecule has 1 aromatic heterocycles. The van der Waals surface area contributed by atoms with E-state index < -0.39 is 0 Å². The molecule has 2 fully saturated rings. The van der Waals surface area contributed by atoms with Crippen LogP contribution in [-0.4, -0.2) is 41.5 Å². The summed E-state index contributed by atoms with van der Waals surface area (Å²) in [6, 6.07) is 6.95. The molecule has 1 aromatic carbocycles. The minimum atomic E-state index is 0.121. The van der Waals surface area contributed by atoms with Crippen molar-refractivity contribution in [1.82, 2.24) is 9.80 Å². The molecule has 0 saturated carbocycles. The maximum absolute atomic E-state index is 12.8. The van der Waals surface area contributed by atoms with Gasteiger partial charge in [-0.15, -0.1) is 0 Å². The third-order valence-corrected chi connectivity index (χ3v) is 5.44. The van der Waals surface area contributed by atoms with Gasteiger partial charge in [-0.2, -0.15) is 0 Å². The molecule has 2 aliphatic rings. The van der Waals surface area contributed by atoms with Crippen LogP contribution < -0.4 is 5.43 Å². The molecule has 4 nitrogen and oxygen atoms in total. The highest BCUT2D eigenvalue weighted by Crippen LogP contribution is 2.25. The first-order valence-electron chi connectivity index (χ1n) is 8.61. The number of hydrogen-bond acceptors (Lipinski definition) is 4. The molecular weight excluding hydrogens is 288 g/mol. The second kappa shape index (κ2) is 5.77. The summed E-state index contributed by atoms with van der Waals surface area (Å²) in [4.78, 5) is 17.8. The minimum Gasteiger partial charge on any atom is -0.464 e. The maximum atomic E-state index is 12.8. The minimum absolute atomic E-state index is 0.121. The van der Waals surface area contributed by atoms with Crippen molar-refractivity contribution in [2.24, 2.45) is 0 Å². The first-order chi connectivity index (χ1) is 11.1. The summed E-state index contributed by atoms with van der Waals surface area (Å²) in [6.07, 6.45) is 4.26. The van der Waals surface area contributed by atoms with Gasteiger partial charge in [0.1, 0.15) is 5.58 Å². The van der Waals surface area contributed by atoms with Gasteiger partial charge in [0.2, 0.25) is 0 Å². The van der Waals surface area contributed by atoms with Crippen molar-refractivity contribution < 1.29 is 4.42 Å². The van der Waals surface area contributed by atoms with Crippen LogP contribution in [0.2, 0.25) is 0 Å². The van der Waals surface area contributed by atoms with Crippen LogP contribution in [-0.2, 0) is 6.54 Å². The van der Waals surface area contributed by atoms with Crippen LogP contribution >= 0.6 is 0 Å². The molecule has 0 aliphatic carbocycles. The van der Waals surface area contributed by atoms with Crippen molar-refractivity contribution >= 4 is 11.0 Å². The summed E-state index contributed by atoms with van der Waals surface area (Å²) in [5, 5.41) is 0.703. The van der Waals surface area contributed by atoms with Gasteiger partial charge in [0.25, 0.3) is 0 Å². The second-order valence-electron chi connectivity index (χ2n) is 7.16. The molecule has 2 atom stereocenters. The average molecular weight is 312 g/mol. The molecule has 4 rings (SSSR count). The predicted octanol–water partition coefficient (Wildman–Crippen LogP) is 2.77. The SMILES string of the molecule is Cc1ccc2occ(CN3C[C@@H]4CCCN4C[C@H]3C)c(=O)c2c1. The Morgan fingerprint density at radius 1 is 1.30 bits per heavy atom. The van der Waals surface area contributed by atoms with Gasteiger partial charge >= 0.3 is 0 Å². The molecule has 0 amide bonds. The van der Waals surface area contributed by atoms with Crippen LogP contribution in [0.15, 0.2) is 33.7 Å². The Kier molecular flexibility index (Phi) is 3.74. The molecule has 2 aromatic rings. The van der Waals surface area contributed by atoms with Gasteiger partial charge < -0.3 is 4.42 Å². The van der Waals surface area contributed by atoms with Gasteiger partial charge in [0.05, 0.1) is 11.6 Å². The van der Waals surface area contributed by atoms with E-state index in [1.807, 2.05) is 25.1 Å². The summed E-state index contributed by atoms with van der Waals surface area (Å²) in [5.74, 6) is 0. The number of benzene rings is 1. The van der Waals surface area contributed by atoms with E-state index in [4.69, 9.17) is 4.42 Å². The van der Waals surface area contributed by atoms with Crippen molar-refractivity contribution in [1.29, 1.82) is 0 Å². The molecule has 0 N–H and O–H groups in total. The number of hydrogen-bond donors (Lipinski definition) is 0. The zero-order valence-electron chi connectivity index (χ0n) is 13.9. The Labute approximate surface area is 136 Å². The number of nitrogens with zero attached hydrogens (tertiary/aromatic N) is 2. The first-order valence-corrected chi connectivity index (χ1v) is 8.61. The zero-order valence-corrected chi connectivity index (χ0v) is 13.9.